The van der Waals surface area contributed by atoms with E-state index >= 15 is 0 Å². The number of likely N-dealkylation sites (tertiary alicyclic amines) is 1. The number of hydrogen-bond donors (Lipinski definition) is 0. The van der Waals surface area contributed by atoms with Gasteiger partial charge in [-0.1, -0.05) is 30.3 Å². The van der Waals surface area contributed by atoms with E-state index in [4.69, 9.17) is 21.4 Å². The van der Waals surface area contributed by atoms with Gasteiger partial charge in [0.05, 0.1) is 29.8 Å². The molecule has 0 radical (unpaired) electrons. The number of benzene rings is 1. The number of rotatable bonds is 4. The van der Waals surface area contributed by atoms with Gasteiger partial charge < -0.3 is 9.64 Å². The van der Waals surface area contributed by atoms with Crippen molar-refractivity contribution in [1.29, 1.82) is 0 Å². The van der Waals surface area contributed by atoms with Crippen LogP contribution >= 0.6 is 11.6 Å². The van der Waals surface area contributed by atoms with Crippen molar-refractivity contribution in [3.05, 3.63) is 47.4 Å². The molecule has 0 spiro atoms. The first-order valence-corrected chi connectivity index (χ1v) is 11.7. The summed E-state index contributed by atoms with van der Waals surface area (Å²) in [7, 11) is 0. The van der Waals surface area contributed by atoms with Crippen molar-refractivity contribution in [2.45, 2.75) is 50.5 Å². The Morgan fingerprint density at radius 2 is 1.71 bits per heavy atom. The largest absolute Gasteiger partial charge is 0.371 e. The molecule has 31 heavy (non-hydrogen) atoms. The molecule has 7 nitrogen and oxygen atoms in total. The SMILES string of the molecule is Clc1nc(N2CC3CCC(C2)O3)c2cnn(C3CCN(Cc4ccccc4)CC3)c2n1. The predicted octanol–water partition coefficient (Wildman–Crippen LogP) is 3.68. The minimum absolute atomic E-state index is 0.296. The Labute approximate surface area is 187 Å². The minimum atomic E-state index is 0.296. The third-order valence-electron chi connectivity index (χ3n) is 6.90. The molecule has 3 aliphatic rings. The highest BCUT2D eigenvalue weighted by atomic mass is 35.5. The number of fused-ring (bicyclic) bond motifs is 3. The molecule has 162 valence electrons. The van der Waals surface area contributed by atoms with E-state index in [0.717, 1.165) is 75.3 Å². The molecule has 0 saturated carbocycles. The first-order valence-electron chi connectivity index (χ1n) is 11.3. The summed E-state index contributed by atoms with van der Waals surface area (Å²) in [6, 6.07) is 11.0. The number of anilines is 1. The second-order valence-corrected chi connectivity index (χ2v) is 9.34. The fourth-order valence-corrected chi connectivity index (χ4v) is 5.50. The van der Waals surface area contributed by atoms with Crippen LogP contribution in [0.5, 0.6) is 0 Å². The Balaban J connectivity index is 1.22. The molecular weight excluding hydrogens is 412 g/mol. The van der Waals surface area contributed by atoms with E-state index in [2.05, 4.69) is 54.8 Å². The maximum atomic E-state index is 6.38. The highest BCUT2D eigenvalue weighted by molar-refractivity contribution is 6.28. The van der Waals surface area contributed by atoms with Crippen LogP contribution in [-0.2, 0) is 11.3 Å². The second-order valence-electron chi connectivity index (χ2n) is 9.00. The van der Waals surface area contributed by atoms with E-state index < -0.39 is 0 Å². The van der Waals surface area contributed by atoms with Crippen LogP contribution in [0.1, 0.15) is 37.3 Å². The molecule has 1 aromatic carbocycles. The molecule has 6 rings (SSSR count). The number of piperidine rings is 1. The molecule has 2 unspecified atom stereocenters. The van der Waals surface area contributed by atoms with Crippen LogP contribution in [0.3, 0.4) is 0 Å². The summed E-state index contributed by atoms with van der Waals surface area (Å²) in [6.07, 6.45) is 6.89. The third kappa shape index (κ3) is 3.79. The van der Waals surface area contributed by atoms with Gasteiger partial charge in [0.2, 0.25) is 5.28 Å². The molecule has 5 heterocycles. The van der Waals surface area contributed by atoms with E-state index in [1.165, 1.54) is 5.56 Å². The Hall–Kier alpha value is -2.22. The zero-order chi connectivity index (χ0) is 20.8. The third-order valence-corrected chi connectivity index (χ3v) is 7.07. The predicted molar refractivity (Wildman–Crippen MR) is 120 cm³/mol. The lowest BCUT2D eigenvalue weighted by Gasteiger charge is -2.33. The summed E-state index contributed by atoms with van der Waals surface area (Å²) in [5, 5.41) is 6.05. The topological polar surface area (TPSA) is 59.3 Å². The highest BCUT2D eigenvalue weighted by Crippen LogP contribution is 2.34. The molecule has 3 aromatic rings. The van der Waals surface area contributed by atoms with Crippen LogP contribution in [0.4, 0.5) is 5.82 Å². The van der Waals surface area contributed by atoms with Gasteiger partial charge in [-0.2, -0.15) is 15.1 Å². The number of nitrogens with zero attached hydrogens (tertiary/aromatic N) is 6. The van der Waals surface area contributed by atoms with Gasteiger partial charge in [-0.05, 0) is 42.8 Å². The monoisotopic (exact) mass is 438 g/mol. The van der Waals surface area contributed by atoms with Gasteiger partial charge in [0.25, 0.3) is 0 Å². The van der Waals surface area contributed by atoms with Crippen LogP contribution in [0.2, 0.25) is 5.28 Å². The second kappa shape index (κ2) is 8.04. The Morgan fingerprint density at radius 1 is 0.968 bits per heavy atom. The summed E-state index contributed by atoms with van der Waals surface area (Å²) in [5.74, 6) is 0.906. The van der Waals surface area contributed by atoms with E-state index in [0.29, 0.717) is 23.5 Å². The lowest BCUT2D eigenvalue weighted by molar-refractivity contribution is 0.0303. The molecule has 0 aliphatic carbocycles. The van der Waals surface area contributed by atoms with Crippen LogP contribution in [-0.4, -0.2) is 63.0 Å². The van der Waals surface area contributed by atoms with Crippen molar-refractivity contribution in [3.8, 4) is 0 Å². The van der Waals surface area contributed by atoms with Crippen molar-refractivity contribution >= 4 is 28.5 Å². The number of hydrogen-bond acceptors (Lipinski definition) is 6. The van der Waals surface area contributed by atoms with Gasteiger partial charge in [0, 0.05) is 32.7 Å². The number of aromatic nitrogens is 4. The van der Waals surface area contributed by atoms with Gasteiger partial charge in [-0.3, -0.25) is 4.90 Å². The zero-order valence-corrected chi connectivity index (χ0v) is 18.3. The Morgan fingerprint density at radius 3 is 2.45 bits per heavy atom. The van der Waals surface area contributed by atoms with E-state index in [1.807, 2.05) is 6.20 Å². The van der Waals surface area contributed by atoms with Gasteiger partial charge >= 0.3 is 0 Å². The summed E-state index contributed by atoms with van der Waals surface area (Å²) in [5.41, 5.74) is 2.23. The van der Waals surface area contributed by atoms with Gasteiger partial charge in [0.15, 0.2) is 5.65 Å². The molecule has 2 bridgehead atoms. The quantitative estimate of drug-likeness (QED) is 0.579. The van der Waals surface area contributed by atoms with Gasteiger partial charge in [-0.25, -0.2) is 4.68 Å². The van der Waals surface area contributed by atoms with Crippen molar-refractivity contribution in [3.63, 3.8) is 0 Å². The standard InChI is InChI=1S/C23H27ClN6O/c24-23-26-21(29-14-18-6-7-19(15-29)31-18)20-12-25-30(22(20)27-23)17-8-10-28(11-9-17)13-16-4-2-1-3-5-16/h1-5,12,17-19H,6-11,13-15H2. The molecule has 8 heteroatoms. The molecule has 3 saturated heterocycles. The summed E-state index contributed by atoms with van der Waals surface area (Å²) in [4.78, 5) is 14.0. The van der Waals surface area contributed by atoms with E-state index in [9.17, 15) is 0 Å². The van der Waals surface area contributed by atoms with E-state index in [-0.39, 0.29) is 0 Å². The number of halogens is 1. The molecule has 3 fully saturated rings. The zero-order valence-electron chi connectivity index (χ0n) is 17.5. The number of morpholine rings is 1. The van der Waals surface area contributed by atoms with Gasteiger partial charge in [0.1, 0.15) is 5.82 Å². The maximum absolute atomic E-state index is 6.38. The molecule has 2 atom stereocenters. The Bertz CT molecular complexity index is 1050. The lowest BCUT2D eigenvalue weighted by atomic mass is 10.0. The first-order chi connectivity index (χ1) is 15.2. The van der Waals surface area contributed by atoms with Crippen molar-refractivity contribution < 1.29 is 4.74 Å². The van der Waals surface area contributed by atoms with Crippen molar-refractivity contribution in [1.82, 2.24) is 24.6 Å². The molecule has 0 amide bonds. The molecular formula is C23H27ClN6O. The minimum Gasteiger partial charge on any atom is -0.371 e. The summed E-state index contributed by atoms with van der Waals surface area (Å²) in [6.45, 7) is 4.84. The van der Waals surface area contributed by atoms with Crippen LogP contribution in [0, 0.1) is 0 Å². The fourth-order valence-electron chi connectivity index (χ4n) is 5.34. The highest BCUT2D eigenvalue weighted by Gasteiger charge is 2.35. The summed E-state index contributed by atoms with van der Waals surface area (Å²) >= 11 is 6.38. The number of ether oxygens (including phenoxy) is 1. The smallest absolute Gasteiger partial charge is 0.226 e. The normalized spacial score (nSPS) is 24.9. The van der Waals surface area contributed by atoms with E-state index in [1.54, 1.807) is 0 Å². The lowest BCUT2D eigenvalue weighted by Crippen LogP contribution is -2.43. The molecule has 2 aromatic heterocycles. The fraction of sp³-hybridized carbons (Fsp3) is 0.522. The molecule has 3 aliphatic heterocycles. The van der Waals surface area contributed by atoms with Crippen LogP contribution in [0.25, 0.3) is 11.0 Å². The molecule has 0 N–H and O–H groups in total. The Kier molecular flexibility index (Phi) is 5.05. The average molecular weight is 439 g/mol. The maximum Gasteiger partial charge on any atom is 0.226 e. The van der Waals surface area contributed by atoms with Gasteiger partial charge in [-0.15, -0.1) is 0 Å². The average Bonchev–Trinajstić information content (AvgIpc) is 3.36. The first kappa shape index (κ1) is 19.5. The van der Waals surface area contributed by atoms with Crippen LogP contribution in [0.15, 0.2) is 36.5 Å². The van der Waals surface area contributed by atoms with Crippen LogP contribution < -0.4 is 4.90 Å². The summed E-state index contributed by atoms with van der Waals surface area (Å²) < 4.78 is 8.09. The van der Waals surface area contributed by atoms with Crippen molar-refractivity contribution in [2.75, 3.05) is 31.1 Å². The van der Waals surface area contributed by atoms with Crippen molar-refractivity contribution in [2.24, 2.45) is 0 Å².